The number of ether oxygens (including phenoxy) is 1. The molecule has 0 saturated carbocycles. The van der Waals surface area contributed by atoms with Crippen LogP contribution in [-0.4, -0.2) is 17.7 Å². The first-order valence-corrected chi connectivity index (χ1v) is 8.67. The fraction of sp³-hybridized carbons (Fsp3) is 0.632. The number of benzene rings is 1. The maximum Gasteiger partial charge on any atom is 0.412 e. The number of rotatable bonds is 8. The van der Waals surface area contributed by atoms with Gasteiger partial charge in [0.25, 0.3) is 0 Å². The predicted molar refractivity (Wildman–Crippen MR) is 98.1 cm³/mol. The maximum atomic E-state index is 11.8. The van der Waals surface area contributed by atoms with Crippen molar-refractivity contribution in [3.05, 3.63) is 24.3 Å². The largest absolute Gasteiger partial charge is 0.444 e. The van der Waals surface area contributed by atoms with Crippen LogP contribution in [0.2, 0.25) is 0 Å². The van der Waals surface area contributed by atoms with Gasteiger partial charge in [0.15, 0.2) is 0 Å². The molecule has 0 radical (unpaired) electrons. The van der Waals surface area contributed by atoms with Gasteiger partial charge < -0.3 is 10.1 Å². The van der Waals surface area contributed by atoms with Crippen molar-refractivity contribution in [3.8, 4) is 0 Å². The molecule has 0 bridgehead atoms. The lowest BCUT2D eigenvalue weighted by atomic mass is 10.1. The molecule has 1 atom stereocenters. The van der Waals surface area contributed by atoms with Crippen molar-refractivity contribution < 1.29 is 9.53 Å². The molecule has 23 heavy (non-hydrogen) atoms. The molecule has 0 aromatic heterocycles. The lowest BCUT2D eigenvalue weighted by Gasteiger charge is -2.20. The van der Waals surface area contributed by atoms with Crippen molar-refractivity contribution in [1.82, 2.24) is 0 Å². The van der Waals surface area contributed by atoms with E-state index in [0.717, 1.165) is 17.8 Å². The molecule has 1 amide bonds. The summed E-state index contributed by atoms with van der Waals surface area (Å²) in [5.41, 5.74) is 1.26. The van der Waals surface area contributed by atoms with Crippen LogP contribution in [0.15, 0.2) is 24.3 Å². The highest BCUT2D eigenvalue weighted by molar-refractivity contribution is 5.85. The lowest BCUT2D eigenvalue weighted by Crippen LogP contribution is -2.27. The highest BCUT2D eigenvalue weighted by Gasteiger charge is 2.16. The summed E-state index contributed by atoms with van der Waals surface area (Å²) in [6.45, 7) is 9.98. The van der Waals surface area contributed by atoms with Gasteiger partial charge in [-0.15, -0.1) is 0 Å². The highest BCUT2D eigenvalue weighted by Crippen LogP contribution is 2.18. The molecule has 0 fully saturated rings. The van der Waals surface area contributed by atoms with Gasteiger partial charge in [0.1, 0.15) is 5.60 Å². The minimum atomic E-state index is -0.493. The second-order valence-corrected chi connectivity index (χ2v) is 7.10. The first-order chi connectivity index (χ1) is 10.8. The van der Waals surface area contributed by atoms with Crippen LogP contribution in [0.5, 0.6) is 0 Å². The van der Waals surface area contributed by atoms with Crippen LogP contribution in [0.4, 0.5) is 16.2 Å². The van der Waals surface area contributed by atoms with Crippen molar-refractivity contribution in [2.75, 3.05) is 10.6 Å². The Labute approximate surface area is 141 Å². The van der Waals surface area contributed by atoms with E-state index in [1.54, 1.807) is 0 Å². The summed E-state index contributed by atoms with van der Waals surface area (Å²) in [7, 11) is 0. The van der Waals surface area contributed by atoms with Crippen LogP contribution < -0.4 is 10.6 Å². The summed E-state index contributed by atoms with van der Waals surface area (Å²) in [4.78, 5) is 11.8. The van der Waals surface area contributed by atoms with Gasteiger partial charge in [0.05, 0.1) is 0 Å². The number of hydrogen-bond donors (Lipinski definition) is 2. The molecule has 130 valence electrons. The molecular weight excluding hydrogens is 288 g/mol. The second kappa shape index (κ2) is 9.43. The maximum absolute atomic E-state index is 11.8. The molecule has 1 unspecified atom stereocenters. The number of carbonyl (C=O) groups is 1. The number of amides is 1. The van der Waals surface area contributed by atoms with Crippen LogP contribution in [-0.2, 0) is 4.74 Å². The molecule has 0 saturated heterocycles. The van der Waals surface area contributed by atoms with E-state index in [1.807, 2.05) is 45.0 Å². The van der Waals surface area contributed by atoms with Crippen molar-refractivity contribution in [3.63, 3.8) is 0 Å². The summed E-state index contributed by atoms with van der Waals surface area (Å²) in [6, 6.07) is 8.17. The first kappa shape index (κ1) is 19.3. The van der Waals surface area contributed by atoms with Crippen LogP contribution in [0.3, 0.4) is 0 Å². The summed E-state index contributed by atoms with van der Waals surface area (Å²) in [5, 5.41) is 6.26. The number of nitrogens with one attached hydrogen (secondary N) is 2. The Morgan fingerprint density at radius 3 is 2.52 bits per heavy atom. The van der Waals surface area contributed by atoms with E-state index in [9.17, 15) is 4.79 Å². The zero-order valence-corrected chi connectivity index (χ0v) is 15.2. The van der Waals surface area contributed by atoms with Gasteiger partial charge in [0.2, 0.25) is 0 Å². The Balaban J connectivity index is 2.48. The van der Waals surface area contributed by atoms with E-state index in [2.05, 4.69) is 24.5 Å². The molecule has 0 heterocycles. The minimum absolute atomic E-state index is 0.420. The van der Waals surface area contributed by atoms with Gasteiger partial charge in [-0.05, 0) is 52.3 Å². The molecule has 4 heteroatoms. The Morgan fingerprint density at radius 1 is 1.17 bits per heavy atom. The van der Waals surface area contributed by atoms with Crippen molar-refractivity contribution >= 4 is 17.5 Å². The Kier molecular flexibility index (Phi) is 7.93. The fourth-order valence-electron chi connectivity index (χ4n) is 2.34. The monoisotopic (exact) mass is 320 g/mol. The quantitative estimate of drug-likeness (QED) is 0.595. The van der Waals surface area contributed by atoms with Gasteiger partial charge >= 0.3 is 6.09 Å². The van der Waals surface area contributed by atoms with E-state index in [4.69, 9.17) is 4.74 Å². The average Bonchev–Trinajstić information content (AvgIpc) is 2.42. The molecule has 0 aliphatic heterocycles. The summed E-state index contributed by atoms with van der Waals surface area (Å²) in [5.74, 6) is 0. The lowest BCUT2D eigenvalue weighted by molar-refractivity contribution is 0.0636. The van der Waals surface area contributed by atoms with E-state index < -0.39 is 11.7 Å². The van der Waals surface area contributed by atoms with Crippen molar-refractivity contribution in [2.24, 2.45) is 0 Å². The zero-order chi connectivity index (χ0) is 17.3. The SMILES string of the molecule is CCCCCCC(C)Nc1cccc(NC(=O)OC(C)(C)C)c1. The predicted octanol–water partition coefficient (Wildman–Crippen LogP) is 5.80. The Morgan fingerprint density at radius 2 is 1.87 bits per heavy atom. The first-order valence-electron chi connectivity index (χ1n) is 8.67. The molecule has 4 nitrogen and oxygen atoms in total. The normalized spacial score (nSPS) is 12.6. The van der Waals surface area contributed by atoms with Gasteiger partial charge in [-0.25, -0.2) is 4.79 Å². The smallest absolute Gasteiger partial charge is 0.412 e. The van der Waals surface area contributed by atoms with Gasteiger partial charge in [-0.3, -0.25) is 5.32 Å². The second-order valence-electron chi connectivity index (χ2n) is 7.10. The van der Waals surface area contributed by atoms with Crippen LogP contribution in [0, 0.1) is 0 Å². The third-order valence-corrected chi connectivity index (χ3v) is 3.41. The third-order valence-electron chi connectivity index (χ3n) is 3.41. The highest BCUT2D eigenvalue weighted by atomic mass is 16.6. The van der Waals surface area contributed by atoms with E-state index in [1.165, 1.54) is 25.7 Å². The Bertz CT molecular complexity index is 481. The summed E-state index contributed by atoms with van der Waals surface area (Å²) in [6.07, 6.45) is 5.84. The molecule has 0 aliphatic rings. The van der Waals surface area contributed by atoms with Gasteiger partial charge in [-0.1, -0.05) is 38.7 Å². The number of hydrogen-bond acceptors (Lipinski definition) is 3. The number of carbonyl (C=O) groups excluding carboxylic acids is 1. The van der Waals surface area contributed by atoms with Crippen molar-refractivity contribution in [1.29, 1.82) is 0 Å². The molecule has 1 aromatic carbocycles. The number of unbranched alkanes of at least 4 members (excludes halogenated alkanes) is 3. The molecule has 0 aliphatic carbocycles. The molecular formula is C19H32N2O2. The molecule has 1 rings (SSSR count). The van der Waals surface area contributed by atoms with Crippen LogP contribution >= 0.6 is 0 Å². The van der Waals surface area contributed by atoms with E-state index in [0.29, 0.717) is 6.04 Å². The Hall–Kier alpha value is -1.71. The third kappa shape index (κ3) is 9.11. The topological polar surface area (TPSA) is 50.4 Å². The molecule has 2 N–H and O–H groups in total. The average molecular weight is 320 g/mol. The van der Waals surface area contributed by atoms with Crippen LogP contribution in [0.25, 0.3) is 0 Å². The fourth-order valence-corrected chi connectivity index (χ4v) is 2.34. The summed E-state index contributed by atoms with van der Waals surface area (Å²) < 4.78 is 5.27. The standard InChI is InChI=1S/C19H32N2O2/c1-6-7-8-9-11-15(2)20-16-12-10-13-17(14-16)21-18(22)23-19(3,4)5/h10,12-15,20H,6-9,11H2,1-5H3,(H,21,22). The summed E-state index contributed by atoms with van der Waals surface area (Å²) >= 11 is 0. The van der Waals surface area contributed by atoms with Crippen LogP contribution in [0.1, 0.15) is 66.7 Å². The van der Waals surface area contributed by atoms with E-state index in [-0.39, 0.29) is 0 Å². The van der Waals surface area contributed by atoms with Gasteiger partial charge in [-0.2, -0.15) is 0 Å². The van der Waals surface area contributed by atoms with Crippen molar-refractivity contribution in [2.45, 2.75) is 78.4 Å². The number of anilines is 2. The van der Waals surface area contributed by atoms with Gasteiger partial charge in [0, 0.05) is 17.4 Å². The molecule has 0 spiro atoms. The zero-order valence-electron chi connectivity index (χ0n) is 15.2. The van der Waals surface area contributed by atoms with E-state index >= 15 is 0 Å². The molecule has 1 aromatic rings. The minimum Gasteiger partial charge on any atom is -0.444 e.